The highest BCUT2D eigenvalue weighted by Crippen LogP contribution is 2.44. The van der Waals surface area contributed by atoms with Gasteiger partial charge in [0.25, 0.3) is 5.91 Å². The van der Waals surface area contributed by atoms with Crippen molar-refractivity contribution in [1.29, 1.82) is 0 Å². The Morgan fingerprint density at radius 1 is 1.14 bits per heavy atom. The van der Waals surface area contributed by atoms with Crippen LogP contribution in [0.2, 0.25) is 5.02 Å². The first kappa shape index (κ1) is 25.3. The molecule has 0 unspecified atom stereocenters. The molecule has 0 radical (unpaired) electrons. The van der Waals surface area contributed by atoms with Crippen LogP contribution < -0.4 is 14.8 Å². The molecular formula is C26H30ClN5O5. The lowest BCUT2D eigenvalue weighted by atomic mass is 10.1. The van der Waals surface area contributed by atoms with Crippen LogP contribution in [0, 0.1) is 6.92 Å². The van der Waals surface area contributed by atoms with Gasteiger partial charge in [0.15, 0.2) is 11.5 Å². The number of fused-ring (bicyclic) bond motifs is 2. The van der Waals surface area contributed by atoms with E-state index in [0.717, 1.165) is 25.0 Å². The van der Waals surface area contributed by atoms with Crippen molar-refractivity contribution in [1.82, 2.24) is 19.4 Å². The summed E-state index contributed by atoms with van der Waals surface area (Å²) in [4.78, 5) is 36.4. The fraction of sp³-hybridized carbons (Fsp3) is 0.462. The number of nitrogens with zero attached hydrogens (tertiary/aromatic N) is 4. The number of benzene rings is 1. The van der Waals surface area contributed by atoms with Gasteiger partial charge in [0, 0.05) is 43.5 Å². The number of carbonyl (C=O) groups is 2. The van der Waals surface area contributed by atoms with E-state index in [-0.39, 0.29) is 17.9 Å². The molecule has 196 valence electrons. The topological polar surface area (TPSA) is 108 Å². The van der Waals surface area contributed by atoms with E-state index in [1.54, 1.807) is 31.3 Å². The van der Waals surface area contributed by atoms with Crippen molar-refractivity contribution in [3.63, 3.8) is 0 Å². The van der Waals surface area contributed by atoms with Crippen LogP contribution in [0.5, 0.6) is 11.5 Å². The molecule has 37 heavy (non-hydrogen) atoms. The normalized spacial score (nSPS) is 18.5. The summed E-state index contributed by atoms with van der Waals surface area (Å²) in [5.74, 6) is 0.945. The average molecular weight is 528 g/mol. The summed E-state index contributed by atoms with van der Waals surface area (Å²) in [6.07, 6.45) is 4.22. The molecule has 1 aromatic carbocycles. The van der Waals surface area contributed by atoms with Crippen LogP contribution >= 0.6 is 11.6 Å². The fourth-order valence-corrected chi connectivity index (χ4v) is 5.19. The highest BCUT2D eigenvalue weighted by atomic mass is 35.5. The quantitative estimate of drug-likeness (QED) is 0.548. The van der Waals surface area contributed by atoms with Crippen LogP contribution in [-0.4, -0.2) is 70.8 Å². The number of anilines is 1. The number of halogens is 1. The molecule has 10 nitrogen and oxygen atoms in total. The summed E-state index contributed by atoms with van der Waals surface area (Å²) in [6, 6.07) is 5.01. The SMILES string of the molecule is CC(=O)N1CCCC[C@@H](n2c(NC(=O)c3ccnc(C)c3)nc3cc4c(c(Cl)c32)OCCOCCO4)C1. The Hall–Kier alpha value is -3.37. The first-order valence-corrected chi connectivity index (χ1v) is 12.9. The van der Waals surface area contributed by atoms with Crippen LogP contribution in [0.4, 0.5) is 5.95 Å². The summed E-state index contributed by atoms with van der Waals surface area (Å²) in [6.45, 7) is 6.10. The van der Waals surface area contributed by atoms with Gasteiger partial charge in [-0.05, 0) is 38.3 Å². The molecule has 3 aromatic rings. The minimum atomic E-state index is -0.310. The summed E-state index contributed by atoms with van der Waals surface area (Å²) >= 11 is 6.98. The molecular weight excluding hydrogens is 498 g/mol. The molecule has 2 aliphatic heterocycles. The van der Waals surface area contributed by atoms with E-state index >= 15 is 0 Å². The molecule has 1 fully saturated rings. The number of nitrogens with one attached hydrogen (secondary N) is 1. The molecule has 0 saturated carbocycles. The van der Waals surface area contributed by atoms with Gasteiger partial charge in [-0.15, -0.1) is 0 Å². The van der Waals surface area contributed by atoms with Gasteiger partial charge in [-0.3, -0.25) is 19.9 Å². The van der Waals surface area contributed by atoms with Gasteiger partial charge < -0.3 is 23.7 Å². The Balaban J connectivity index is 1.64. The van der Waals surface area contributed by atoms with E-state index in [1.165, 1.54) is 0 Å². The Morgan fingerprint density at radius 3 is 2.73 bits per heavy atom. The molecule has 2 aliphatic rings. The second kappa shape index (κ2) is 10.9. The highest BCUT2D eigenvalue weighted by molar-refractivity contribution is 6.37. The zero-order valence-electron chi connectivity index (χ0n) is 21.0. The number of ether oxygens (including phenoxy) is 3. The van der Waals surface area contributed by atoms with Crippen molar-refractivity contribution in [2.24, 2.45) is 0 Å². The van der Waals surface area contributed by atoms with Crippen molar-refractivity contribution in [2.75, 3.05) is 44.8 Å². The molecule has 2 aromatic heterocycles. The van der Waals surface area contributed by atoms with Crippen LogP contribution in [0.1, 0.15) is 48.3 Å². The van der Waals surface area contributed by atoms with E-state index in [2.05, 4.69) is 10.3 Å². The van der Waals surface area contributed by atoms with Crippen molar-refractivity contribution in [2.45, 2.75) is 39.2 Å². The average Bonchev–Trinajstić information content (AvgIpc) is 3.11. The molecule has 1 N–H and O–H groups in total. The van der Waals surface area contributed by atoms with E-state index in [0.29, 0.717) is 78.6 Å². The monoisotopic (exact) mass is 527 g/mol. The molecule has 0 aliphatic carbocycles. The zero-order valence-corrected chi connectivity index (χ0v) is 21.7. The molecule has 1 saturated heterocycles. The zero-order chi connectivity index (χ0) is 25.9. The molecule has 4 heterocycles. The van der Waals surface area contributed by atoms with Gasteiger partial charge in [-0.25, -0.2) is 4.98 Å². The molecule has 0 bridgehead atoms. The second-order valence-electron chi connectivity index (χ2n) is 9.25. The van der Waals surface area contributed by atoms with Crippen molar-refractivity contribution in [3.05, 3.63) is 40.7 Å². The lowest BCUT2D eigenvalue weighted by molar-refractivity contribution is -0.129. The van der Waals surface area contributed by atoms with Crippen LogP contribution in [0.25, 0.3) is 11.0 Å². The minimum Gasteiger partial charge on any atom is -0.487 e. The van der Waals surface area contributed by atoms with Crippen molar-refractivity contribution >= 4 is 40.4 Å². The number of pyridine rings is 1. The third-order valence-corrected chi connectivity index (χ3v) is 6.99. The minimum absolute atomic E-state index is 0.0124. The third-order valence-electron chi connectivity index (χ3n) is 6.64. The lowest BCUT2D eigenvalue weighted by Gasteiger charge is -2.26. The van der Waals surface area contributed by atoms with Crippen LogP contribution in [-0.2, 0) is 9.53 Å². The Kier molecular flexibility index (Phi) is 7.48. The van der Waals surface area contributed by atoms with E-state index in [4.69, 9.17) is 30.8 Å². The number of imidazole rings is 1. The Labute approximate surface area is 219 Å². The Bertz CT molecular complexity index is 1330. The van der Waals surface area contributed by atoms with Crippen molar-refractivity contribution in [3.8, 4) is 11.5 Å². The van der Waals surface area contributed by atoms with Gasteiger partial charge in [0.1, 0.15) is 18.2 Å². The number of carbonyl (C=O) groups excluding carboxylic acids is 2. The number of likely N-dealkylation sites (tertiary alicyclic amines) is 1. The molecule has 5 rings (SSSR count). The molecule has 11 heteroatoms. The van der Waals surface area contributed by atoms with Crippen LogP contribution in [0.3, 0.4) is 0 Å². The standard InChI is InChI=1S/C26H30ClN5O5/c1-16-13-18(6-7-28-16)25(34)30-26-29-20-14-21-24(37-12-10-35-9-11-36-21)22(27)23(20)32(26)19-5-3-4-8-31(15-19)17(2)33/h6-7,13-14,19H,3-5,8-12,15H2,1-2H3,(H,29,30,34)/t19-/m1/s1. The van der Waals surface area contributed by atoms with Gasteiger partial charge in [-0.1, -0.05) is 11.6 Å². The van der Waals surface area contributed by atoms with Gasteiger partial charge in [0.05, 0.1) is 30.3 Å². The largest absolute Gasteiger partial charge is 0.487 e. The highest BCUT2D eigenvalue weighted by Gasteiger charge is 2.29. The predicted octanol–water partition coefficient (Wildman–Crippen LogP) is 4.01. The number of hydrogen-bond acceptors (Lipinski definition) is 7. The molecule has 0 spiro atoms. The number of aryl methyl sites for hydroxylation is 1. The van der Waals surface area contributed by atoms with E-state index < -0.39 is 0 Å². The van der Waals surface area contributed by atoms with E-state index in [1.807, 2.05) is 16.4 Å². The molecule has 2 amide bonds. The van der Waals surface area contributed by atoms with Gasteiger partial charge >= 0.3 is 0 Å². The van der Waals surface area contributed by atoms with Crippen molar-refractivity contribution < 1.29 is 23.8 Å². The van der Waals surface area contributed by atoms with Gasteiger partial charge in [-0.2, -0.15) is 0 Å². The third kappa shape index (κ3) is 5.35. The Morgan fingerprint density at radius 2 is 1.95 bits per heavy atom. The first-order valence-electron chi connectivity index (χ1n) is 12.5. The predicted molar refractivity (Wildman–Crippen MR) is 139 cm³/mol. The van der Waals surface area contributed by atoms with Gasteiger partial charge in [0.2, 0.25) is 11.9 Å². The van der Waals surface area contributed by atoms with Crippen LogP contribution in [0.15, 0.2) is 24.4 Å². The summed E-state index contributed by atoms with van der Waals surface area (Å²) in [7, 11) is 0. The second-order valence-corrected chi connectivity index (χ2v) is 9.63. The molecule has 1 atom stereocenters. The number of rotatable bonds is 3. The smallest absolute Gasteiger partial charge is 0.258 e. The maximum Gasteiger partial charge on any atom is 0.258 e. The fourth-order valence-electron chi connectivity index (χ4n) is 4.85. The summed E-state index contributed by atoms with van der Waals surface area (Å²) < 4.78 is 19.3. The number of amides is 2. The maximum absolute atomic E-state index is 13.2. The summed E-state index contributed by atoms with van der Waals surface area (Å²) in [5.41, 5.74) is 2.39. The number of hydrogen-bond donors (Lipinski definition) is 1. The number of aromatic nitrogens is 3. The first-order chi connectivity index (χ1) is 17.9. The maximum atomic E-state index is 13.2. The summed E-state index contributed by atoms with van der Waals surface area (Å²) in [5, 5.41) is 3.33. The lowest BCUT2D eigenvalue weighted by Crippen LogP contribution is -2.34. The van der Waals surface area contributed by atoms with E-state index in [9.17, 15) is 9.59 Å².